The molecule has 2 atom stereocenters. The van der Waals surface area contributed by atoms with Crippen molar-refractivity contribution in [2.24, 2.45) is 0 Å². The predicted octanol–water partition coefficient (Wildman–Crippen LogP) is 3.71. The average Bonchev–Trinajstić information content (AvgIpc) is 2.54. The lowest BCUT2D eigenvalue weighted by Crippen LogP contribution is -2.40. The largest absolute Gasteiger partial charge is 0.462 e. The SMILES string of the molecule is CC[C@H](C)N(CCCOC(=O)c1ccc(N)cc1)[C@@H](C)CC. The third-order valence-corrected chi connectivity index (χ3v) is 4.25. The van der Waals surface area contributed by atoms with Crippen molar-refractivity contribution >= 4 is 11.7 Å². The van der Waals surface area contributed by atoms with Crippen LogP contribution in [0.25, 0.3) is 0 Å². The van der Waals surface area contributed by atoms with Crippen LogP contribution in [-0.4, -0.2) is 36.1 Å². The molecule has 1 aromatic carbocycles. The number of carbonyl (C=O) groups is 1. The zero-order chi connectivity index (χ0) is 16.5. The van der Waals surface area contributed by atoms with Gasteiger partial charge in [0.05, 0.1) is 12.2 Å². The van der Waals surface area contributed by atoms with Crippen LogP contribution >= 0.6 is 0 Å². The van der Waals surface area contributed by atoms with Gasteiger partial charge in [0.1, 0.15) is 0 Å². The van der Waals surface area contributed by atoms with Gasteiger partial charge in [-0.25, -0.2) is 4.79 Å². The summed E-state index contributed by atoms with van der Waals surface area (Å²) < 4.78 is 5.34. The van der Waals surface area contributed by atoms with Crippen LogP contribution in [0.2, 0.25) is 0 Å². The molecular formula is C18H30N2O2. The molecule has 22 heavy (non-hydrogen) atoms. The normalized spacial score (nSPS) is 13.9. The lowest BCUT2D eigenvalue weighted by Gasteiger charge is -2.33. The Hall–Kier alpha value is -1.55. The van der Waals surface area contributed by atoms with Gasteiger partial charge in [0.15, 0.2) is 0 Å². The fraction of sp³-hybridized carbons (Fsp3) is 0.611. The second kappa shape index (κ2) is 9.46. The van der Waals surface area contributed by atoms with Crippen LogP contribution in [0.3, 0.4) is 0 Å². The standard InChI is InChI=1S/C18H30N2O2/c1-5-14(3)20(15(4)6-2)12-7-13-22-18(21)16-8-10-17(19)11-9-16/h8-11,14-15H,5-7,12-13,19H2,1-4H3/t14-,15-/m0/s1. The Labute approximate surface area is 134 Å². The zero-order valence-electron chi connectivity index (χ0n) is 14.3. The summed E-state index contributed by atoms with van der Waals surface area (Å²) in [5.74, 6) is -0.279. The number of anilines is 1. The second-order valence-electron chi connectivity index (χ2n) is 5.86. The molecule has 1 rings (SSSR count). The van der Waals surface area contributed by atoms with Crippen LogP contribution < -0.4 is 5.73 Å². The van der Waals surface area contributed by atoms with Gasteiger partial charge in [-0.3, -0.25) is 4.90 Å². The van der Waals surface area contributed by atoms with Crippen molar-refractivity contribution in [3.63, 3.8) is 0 Å². The molecule has 0 bridgehead atoms. The molecule has 0 fully saturated rings. The molecular weight excluding hydrogens is 276 g/mol. The van der Waals surface area contributed by atoms with E-state index in [2.05, 4.69) is 32.6 Å². The number of rotatable bonds is 9. The van der Waals surface area contributed by atoms with Gasteiger partial charge in [0.2, 0.25) is 0 Å². The minimum Gasteiger partial charge on any atom is -0.462 e. The Morgan fingerprint density at radius 2 is 1.68 bits per heavy atom. The molecule has 2 N–H and O–H groups in total. The van der Waals surface area contributed by atoms with Crippen molar-refractivity contribution in [1.82, 2.24) is 4.90 Å². The van der Waals surface area contributed by atoms with Crippen LogP contribution in [0.5, 0.6) is 0 Å². The summed E-state index contributed by atoms with van der Waals surface area (Å²) in [6.45, 7) is 10.3. The third kappa shape index (κ3) is 5.68. The Kier molecular flexibility index (Phi) is 7.96. The van der Waals surface area contributed by atoms with Crippen molar-refractivity contribution in [2.75, 3.05) is 18.9 Å². The van der Waals surface area contributed by atoms with Crippen LogP contribution in [0, 0.1) is 0 Å². The first-order valence-corrected chi connectivity index (χ1v) is 8.28. The highest BCUT2D eigenvalue weighted by Gasteiger charge is 2.17. The molecule has 0 radical (unpaired) electrons. The van der Waals surface area contributed by atoms with E-state index in [1.165, 1.54) is 0 Å². The smallest absolute Gasteiger partial charge is 0.338 e. The van der Waals surface area contributed by atoms with E-state index in [9.17, 15) is 4.79 Å². The van der Waals surface area contributed by atoms with E-state index in [0.29, 0.717) is 29.9 Å². The maximum Gasteiger partial charge on any atom is 0.338 e. The Morgan fingerprint density at radius 3 is 2.18 bits per heavy atom. The van der Waals surface area contributed by atoms with E-state index >= 15 is 0 Å². The summed E-state index contributed by atoms with van der Waals surface area (Å²) >= 11 is 0. The molecule has 124 valence electrons. The van der Waals surface area contributed by atoms with Crippen molar-refractivity contribution in [3.05, 3.63) is 29.8 Å². The van der Waals surface area contributed by atoms with Crippen LogP contribution in [0.4, 0.5) is 5.69 Å². The summed E-state index contributed by atoms with van der Waals surface area (Å²) in [6, 6.07) is 7.93. The first-order valence-electron chi connectivity index (χ1n) is 8.28. The summed E-state index contributed by atoms with van der Waals surface area (Å²) in [6.07, 6.45) is 3.13. The third-order valence-electron chi connectivity index (χ3n) is 4.25. The average molecular weight is 306 g/mol. The van der Waals surface area contributed by atoms with Crippen molar-refractivity contribution < 1.29 is 9.53 Å². The van der Waals surface area contributed by atoms with E-state index in [1.807, 2.05) is 0 Å². The van der Waals surface area contributed by atoms with Gasteiger partial charge in [0.25, 0.3) is 0 Å². The van der Waals surface area contributed by atoms with Crippen LogP contribution in [-0.2, 0) is 4.74 Å². The predicted molar refractivity (Wildman–Crippen MR) is 92.0 cm³/mol. The van der Waals surface area contributed by atoms with E-state index in [-0.39, 0.29) is 5.97 Å². The first-order chi connectivity index (χ1) is 10.5. The molecule has 4 nitrogen and oxygen atoms in total. The second-order valence-corrected chi connectivity index (χ2v) is 5.86. The van der Waals surface area contributed by atoms with Gasteiger partial charge in [0, 0.05) is 24.3 Å². The van der Waals surface area contributed by atoms with Crippen LogP contribution in [0.1, 0.15) is 57.3 Å². The van der Waals surface area contributed by atoms with E-state index < -0.39 is 0 Å². The molecule has 0 aliphatic carbocycles. The molecule has 0 saturated carbocycles. The summed E-state index contributed by atoms with van der Waals surface area (Å²) in [4.78, 5) is 14.4. The topological polar surface area (TPSA) is 55.6 Å². The molecule has 0 aromatic heterocycles. The number of benzene rings is 1. The fourth-order valence-electron chi connectivity index (χ4n) is 2.46. The van der Waals surface area contributed by atoms with E-state index in [1.54, 1.807) is 24.3 Å². The number of carbonyl (C=O) groups excluding carboxylic acids is 1. The number of nitrogens with zero attached hydrogens (tertiary/aromatic N) is 1. The summed E-state index contributed by atoms with van der Waals surface area (Å²) in [7, 11) is 0. The molecule has 0 saturated heterocycles. The van der Waals surface area contributed by atoms with Gasteiger partial charge in [-0.2, -0.15) is 0 Å². The summed E-state index contributed by atoms with van der Waals surface area (Å²) in [5, 5.41) is 0. The summed E-state index contributed by atoms with van der Waals surface area (Å²) in [5.41, 5.74) is 6.81. The van der Waals surface area contributed by atoms with Gasteiger partial charge >= 0.3 is 5.97 Å². The quantitative estimate of drug-likeness (QED) is 0.429. The number of nitrogen functional groups attached to an aromatic ring is 1. The highest BCUT2D eigenvalue weighted by atomic mass is 16.5. The Balaban J connectivity index is 2.39. The van der Waals surface area contributed by atoms with Crippen LogP contribution in [0.15, 0.2) is 24.3 Å². The van der Waals surface area contributed by atoms with E-state index in [0.717, 1.165) is 25.8 Å². The minimum atomic E-state index is -0.279. The molecule has 0 spiro atoms. The molecule has 0 aliphatic rings. The Bertz CT molecular complexity index is 435. The number of hydrogen-bond acceptors (Lipinski definition) is 4. The van der Waals surface area contributed by atoms with Gasteiger partial charge in [-0.1, -0.05) is 13.8 Å². The van der Waals surface area contributed by atoms with Crippen molar-refractivity contribution in [3.8, 4) is 0 Å². The Morgan fingerprint density at radius 1 is 1.14 bits per heavy atom. The number of nitrogens with two attached hydrogens (primary N) is 1. The number of ether oxygens (including phenoxy) is 1. The van der Waals surface area contributed by atoms with Crippen molar-refractivity contribution in [2.45, 2.75) is 59.0 Å². The number of esters is 1. The maximum atomic E-state index is 11.9. The first kappa shape index (κ1) is 18.5. The number of hydrogen-bond donors (Lipinski definition) is 1. The fourth-order valence-corrected chi connectivity index (χ4v) is 2.46. The lowest BCUT2D eigenvalue weighted by atomic mass is 10.1. The van der Waals surface area contributed by atoms with Gasteiger partial charge in [-0.05, 0) is 57.4 Å². The molecule has 0 amide bonds. The van der Waals surface area contributed by atoms with Gasteiger partial charge in [-0.15, -0.1) is 0 Å². The monoisotopic (exact) mass is 306 g/mol. The highest BCUT2D eigenvalue weighted by molar-refractivity contribution is 5.89. The molecule has 1 aromatic rings. The van der Waals surface area contributed by atoms with Gasteiger partial charge < -0.3 is 10.5 Å². The molecule has 0 unspecified atom stereocenters. The molecule has 4 heteroatoms. The highest BCUT2D eigenvalue weighted by Crippen LogP contribution is 2.12. The zero-order valence-corrected chi connectivity index (χ0v) is 14.3. The maximum absolute atomic E-state index is 11.9. The minimum absolute atomic E-state index is 0.279. The lowest BCUT2D eigenvalue weighted by molar-refractivity contribution is 0.0470. The molecule has 0 aliphatic heterocycles. The van der Waals surface area contributed by atoms with Crippen molar-refractivity contribution in [1.29, 1.82) is 0 Å². The van der Waals surface area contributed by atoms with E-state index in [4.69, 9.17) is 10.5 Å². The molecule has 0 heterocycles.